The standard InChI is InChI=1S/C16H13BrN6O/c1-9(24)18-11-3-2-4-12(8-11)19-15-21-16-20-13-7-10(17)5-6-14(13)23(16)22-15/h2-8H,1H3,(H,18,24)(H2,19,20,21,22). The van der Waals surface area contributed by atoms with Crippen molar-refractivity contribution in [3.05, 3.63) is 46.9 Å². The fraction of sp³-hybridized carbons (Fsp3) is 0.0625. The van der Waals surface area contributed by atoms with Crippen molar-refractivity contribution in [3.63, 3.8) is 0 Å². The average Bonchev–Trinajstić information content (AvgIpc) is 3.03. The molecule has 0 aliphatic heterocycles. The van der Waals surface area contributed by atoms with Gasteiger partial charge in [0.15, 0.2) is 0 Å². The molecule has 0 saturated heterocycles. The number of carbonyl (C=O) groups is 1. The molecule has 4 rings (SSSR count). The van der Waals surface area contributed by atoms with Crippen LogP contribution in [0.1, 0.15) is 6.92 Å². The first kappa shape index (κ1) is 14.7. The molecule has 1 amide bonds. The van der Waals surface area contributed by atoms with Gasteiger partial charge in [0.1, 0.15) is 0 Å². The summed E-state index contributed by atoms with van der Waals surface area (Å²) >= 11 is 3.44. The Labute approximate surface area is 145 Å². The van der Waals surface area contributed by atoms with Gasteiger partial charge in [-0.25, -0.2) is 9.50 Å². The summed E-state index contributed by atoms with van der Waals surface area (Å²) in [6.45, 7) is 1.48. The molecule has 3 N–H and O–H groups in total. The molecule has 2 heterocycles. The van der Waals surface area contributed by atoms with E-state index in [0.717, 1.165) is 26.9 Å². The summed E-state index contributed by atoms with van der Waals surface area (Å²) in [5.41, 5.74) is 3.34. The van der Waals surface area contributed by atoms with Gasteiger partial charge in [-0.15, -0.1) is 0 Å². The molecule has 0 atom stereocenters. The predicted octanol–water partition coefficient (Wildman–Crippen LogP) is 3.68. The molecule has 0 spiro atoms. The number of anilines is 3. The highest BCUT2D eigenvalue weighted by atomic mass is 79.9. The number of hydrogen-bond donors (Lipinski definition) is 3. The van der Waals surface area contributed by atoms with Gasteiger partial charge >= 0.3 is 0 Å². The van der Waals surface area contributed by atoms with E-state index in [-0.39, 0.29) is 5.91 Å². The molecule has 0 fully saturated rings. The molecule has 0 unspecified atom stereocenters. The van der Waals surface area contributed by atoms with Crippen LogP contribution in [0.4, 0.5) is 17.3 Å². The van der Waals surface area contributed by atoms with Gasteiger partial charge in [-0.2, -0.15) is 4.98 Å². The van der Waals surface area contributed by atoms with Gasteiger partial charge in [0.25, 0.3) is 5.78 Å². The number of amides is 1. The number of benzene rings is 2. The zero-order chi connectivity index (χ0) is 16.7. The maximum atomic E-state index is 11.1. The minimum absolute atomic E-state index is 0.110. The quantitative estimate of drug-likeness (QED) is 0.502. The van der Waals surface area contributed by atoms with Crippen molar-refractivity contribution in [1.82, 2.24) is 19.6 Å². The lowest BCUT2D eigenvalue weighted by Crippen LogP contribution is -2.05. The number of rotatable bonds is 3. The van der Waals surface area contributed by atoms with Crippen LogP contribution < -0.4 is 10.6 Å². The number of imidazole rings is 1. The van der Waals surface area contributed by atoms with Gasteiger partial charge in [0.2, 0.25) is 11.9 Å². The zero-order valence-electron chi connectivity index (χ0n) is 12.7. The Kier molecular flexibility index (Phi) is 3.46. The Morgan fingerprint density at radius 3 is 2.83 bits per heavy atom. The average molecular weight is 385 g/mol. The molecular weight excluding hydrogens is 372 g/mol. The van der Waals surface area contributed by atoms with Crippen molar-refractivity contribution in [1.29, 1.82) is 0 Å². The van der Waals surface area contributed by atoms with Crippen LogP contribution in [0.3, 0.4) is 0 Å². The first-order valence-corrected chi connectivity index (χ1v) is 8.06. The molecule has 0 aliphatic carbocycles. The Hall–Kier alpha value is -2.87. The van der Waals surface area contributed by atoms with Crippen LogP contribution in [0.15, 0.2) is 46.9 Å². The van der Waals surface area contributed by atoms with Crippen molar-refractivity contribution < 1.29 is 4.79 Å². The maximum absolute atomic E-state index is 11.1. The van der Waals surface area contributed by atoms with Crippen molar-refractivity contribution in [3.8, 4) is 0 Å². The molecular formula is C16H13BrN6O. The van der Waals surface area contributed by atoms with Gasteiger partial charge in [-0.1, -0.05) is 22.0 Å². The fourth-order valence-electron chi connectivity index (χ4n) is 2.53. The monoisotopic (exact) mass is 384 g/mol. The van der Waals surface area contributed by atoms with Crippen LogP contribution in [-0.4, -0.2) is 25.5 Å². The van der Waals surface area contributed by atoms with Crippen molar-refractivity contribution in [2.24, 2.45) is 0 Å². The zero-order valence-corrected chi connectivity index (χ0v) is 14.3. The molecule has 8 heteroatoms. The lowest BCUT2D eigenvalue weighted by molar-refractivity contribution is -0.114. The van der Waals surface area contributed by atoms with Crippen LogP contribution in [-0.2, 0) is 4.79 Å². The van der Waals surface area contributed by atoms with Crippen LogP contribution in [0.25, 0.3) is 16.8 Å². The van der Waals surface area contributed by atoms with Gasteiger partial charge in [0, 0.05) is 22.8 Å². The van der Waals surface area contributed by atoms with Crippen molar-refractivity contribution >= 4 is 56.0 Å². The number of hydrogen-bond acceptors (Lipinski definition) is 4. The Balaban J connectivity index is 1.66. The molecule has 120 valence electrons. The minimum Gasteiger partial charge on any atom is -0.326 e. The van der Waals surface area contributed by atoms with E-state index >= 15 is 0 Å². The SMILES string of the molecule is CC(=O)Nc1cccc(Nc2nc3nc4cc(Br)ccc4n3[nH]2)c1. The molecule has 4 aromatic rings. The van der Waals surface area contributed by atoms with Crippen LogP contribution in [0.5, 0.6) is 0 Å². The number of fused-ring (bicyclic) bond motifs is 3. The highest BCUT2D eigenvalue weighted by molar-refractivity contribution is 9.10. The predicted molar refractivity (Wildman–Crippen MR) is 96.6 cm³/mol. The molecule has 0 radical (unpaired) electrons. The van der Waals surface area contributed by atoms with E-state index in [9.17, 15) is 4.79 Å². The molecule has 0 aliphatic rings. The highest BCUT2D eigenvalue weighted by Crippen LogP contribution is 2.22. The molecule has 2 aromatic carbocycles. The lowest BCUT2D eigenvalue weighted by atomic mass is 10.3. The van der Waals surface area contributed by atoms with Gasteiger partial charge in [-0.05, 0) is 36.4 Å². The van der Waals surface area contributed by atoms with E-state index in [2.05, 4.69) is 41.6 Å². The second-order valence-corrected chi connectivity index (χ2v) is 6.26. The number of aromatic nitrogens is 4. The third-order valence-electron chi connectivity index (χ3n) is 3.47. The first-order chi connectivity index (χ1) is 11.6. The molecule has 2 aromatic heterocycles. The van der Waals surface area contributed by atoms with E-state index in [1.54, 1.807) is 0 Å². The topological polar surface area (TPSA) is 87.1 Å². The normalized spacial score (nSPS) is 11.1. The van der Waals surface area contributed by atoms with Crippen molar-refractivity contribution in [2.45, 2.75) is 6.92 Å². The smallest absolute Gasteiger partial charge is 0.253 e. The summed E-state index contributed by atoms with van der Waals surface area (Å²) in [4.78, 5) is 20.1. The fourth-order valence-corrected chi connectivity index (χ4v) is 2.88. The third kappa shape index (κ3) is 2.71. The Morgan fingerprint density at radius 1 is 1.17 bits per heavy atom. The number of halogens is 1. The van der Waals surface area contributed by atoms with E-state index in [4.69, 9.17) is 0 Å². The van der Waals surface area contributed by atoms with E-state index < -0.39 is 0 Å². The number of carbonyl (C=O) groups excluding carboxylic acids is 1. The Bertz CT molecular complexity index is 1070. The lowest BCUT2D eigenvalue weighted by Gasteiger charge is -2.06. The van der Waals surface area contributed by atoms with E-state index in [1.807, 2.05) is 47.0 Å². The maximum Gasteiger partial charge on any atom is 0.253 e. The van der Waals surface area contributed by atoms with E-state index in [1.165, 1.54) is 6.92 Å². The van der Waals surface area contributed by atoms with Crippen LogP contribution in [0, 0.1) is 0 Å². The molecule has 0 saturated carbocycles. The molecule has 7 nitrogen and oxygen atoms in total. The van der Waals surface area contributed by atoms with Gasteiger partial charge in [-0.3, -0.25) is 9.89 Å². The molecule has 0 bridgehead atoms. The second-order valence-electron chi connectivity index (χ2n) is 5.34. The second kappa shape index (κ2) is 5.64. The number of H-pyrrole nitrogens is 1. The van der Waals surface area contributed by atoms with Crippen molar-refractivity contribution in [2.75, 3.05) is 10.6 Å². The third-order valence-corrected chi connectivity index (χ3v) is 3.97. The number of nitrogens with zero attached hydrogens (tertiary/aromatic N) is 3. The van der Waals surface area contributed by atoms with Gasteiger partial charge in [0.05, 0.1) is 11.0 Å². The summed E-state index contributed by atoms with van der Waals surface area (Å²) in [5, 5.41) is 9.11. The largest absolute Gasteiger partial charge is 0.326 e. The summed E-state index contributed by atoms with van der Waals surface area (Å²) in [7, 11) is 0. The first-order valence-electron chi connectivity index (χ1n) is 7.27. The highest BCUT2D eigenvalue weighted by Gasteiger charge is 2.10. The van der Waals surface area contributed by atoms with Gasteiger partial charge < -0.3 is 10.6 Å². The van der Waals surface area contributed by atoms with Crippen LogP contribution >= 0.6 is 15.9 Å². The number of nitrogens with one attached hydrogen (secondary N) is 3. The summed E-state index contributed by atoms with van der Waals surface area (Å²) in [6, 6.07) is 13.3. The van der Waals surface area contributed by atoms with Crippen LogP contribution in [0.2, 0.25) is 0 Å². The Morgan fingerprint density at radius 2 is 2.00 bits per heavy atom. The molecule has 24 heavy (non-hydrogen) atoms. The summed E-state index contributed by atoms with van der Waals surface area (Å²) in [5.74, 6) is 1.05. The van der Waals surface area contributed by atoms with E-state index in [0.29, 0.717) is 11.7 Å². The summed E-state index contributed by atoms with van der Waals surface area (Å²) in [6.07, 6.45) is 0. The minimum atomic E-state index is -0.110. The number of aromatic amines is 1. The summed E-state index contributed by atoms with van der Waals surface area (Å²) < 4.78 is 2.80.